The Kier molecular flexibility index (Phi) is 11.2. The number of anilines is 1. The van der Waals surface area contributed by atoms with Crippen molar-refractivity contribution in [2.75, 3.05) is 25.0 Å². The van der Waals surface area contributed by atoms with Gasteiger partial charge >= 0.3 is 6.09 Å². The fourth-order valence-corrected chi connectivity index (χ4v) is 6.75. The highest BCUT2D eigenvalue weighted by Gasteiger charge is 2.27. The minimum absolute atomic E-state index is 0.204. The predicted molar refractivity (Wildman–Crippen MR) is 184 cm³/mol. The molecule has 1 saturated heterocycles. The summed E-state index contributed by atoms with van der Waals surface area (Å²) in [5.74, 6) is -0.426. The zero-order chi connectivity index (χ0) is 32.5. The number of hydrogen-bond donors (Lipinski definition) is 2. The van der Waals surface area contributed by atoms with Crippen molar-refractivity contribution < 1.29 is 19.1 Å². The second-order valence-electron chi connectivity index (χ2n) is 12.6. The first kappa shape index (κ1) is 33.3. The molecule has 1 aliphatic heterocycles. The van der Waals surface area contributed by atoms with Gasteiger partial charge in [0.25, 0.3) is 11.8 Å². The third kappa shape index (κ3) is 8.41. The van der Waals surface area contributed by atoms with Crippen LogP contribution < -0.4 is 10.6 Å². The molecule has 2 amide bonds. The molecule has 1 aliphatic rings. The smallest absolute Gasteiger partial charge is 0.436 e. The third-order valence-corrected chi connectivity index (χ3v) is 9.56. The lowest BCUT2D eigenvalue weighted by molar-refractivity contribution is 0.0915. The van der Waals surface area contributed by atoms with E-state index in [-0.39, 0.29) is 24.2 Å². The fourth-order valence-electron chi connectivity index (χ4n) is 5.75. The Morgan fingerprint density at radius 3 is 2.35 bits per heavy atom. The van der Waals surface area contributed by atoms with Gasteiger partial charge in [-0.25, -0.2) is 4.79 Å². The quantitative estimate of drug-likeness (QED) is 0.143. The summed E-state index contributed by atoms with van der Waals surface area (Å²) >= 11 is 1.14. The number of carbonyl (C=O) groups is 3. The molecular weight excluding hydrogens is 598 g/mol. The Hall–Kier alpha value is -4.02. The zero-order valence-electron chi connectivity index (χ0n) is 27.1. The van der Waals surface area contributed by atoms with E-state index >= 15 is 0 Å². The van der Waals surface area contributed by atoms with Crippen LogP contribution in [0, 0.1) is 0 Å². The molecule has 2 N–H and O–H groups in total. The van der Waals surface area contributed by atoms with Crippen molar-refractivity contribution in [3.63, 3.8) is 0 Å². The molecule has 9 nitrogen and oxygen atoms in total. The topological polar surface area (TPSA) is 106 Å². The molecule has 46 heavy (non-hydrogen) atoms. The van der Waals surface area contributed by atoms with Gasteiger partial charge in [0.2, 0.25) is 0 Å². The SMILES string of the molecule is CCCCCCCOC(=O)n1nc(NC(=O)c2ccc(CN3CCCCC3)cc2)c2cc(C(=O)NC(C)(C)c3ccccc3)sc21. The lowest BCUT2D eigenvalue weighted by Gasteiger charge is -2.26. The van der Waals surface area contributed by atoms with Crippen LogP contribution in [0.1, 0.15) is 103 Å². The number of amides is 2. The first-order valence-corrected chi connectivity index (χ1v) is 17.3. The van der Waals surface area contributed by atoms with Gasteiger partial charge < -0.3 is 15.4 Å². The normalized spacial score (nSPS) is 13.9. The lowest BCUT2D eigenvalue weighted by atomic mass is 9.94. The van der Waals surface area contributed by atoms with Gasteiger partial charge in [-0.15, -0.1) is 16.4 Å². The van der Waals surface area contributed by atoms with Gasteiger partial charge in [0, 0.05) is 12.1 Å². The second kappa shape index (κ2) is 15.5. The maximum Gasteiger partial charge on any atom is 0.436 e. The van der Waals surface area contributed by atoms with Gasteiger partial charge in [0.15, 0.2) is 5.82 Å². The van der Waals surface area contributed by atoms with Crippen LogP contribution in [-0.4, -0.2) is 52.3 Å². The van der Waals surface area contributed by atoms with Crippen molar-refractivity contribution in [3.05, 3.63) is 82.2 Å². The Bertz CT molecular complexity index is 1620. The lowest BCUT2D eigenvalue weighted by Crippen LogP contribution is -2.40. The number of thiophene rings is 1. The summed E-state index contributed by atoms with van der Waals surface area (Å²) in [4.78, 5) is 43.3. The summed E-state index contributed by atoms with van der Waals surface area (Å²) in [5, 5.41) is 10.9. The van der Waals surface area contributed by atoms with Crippen molar-refractivity contribution in [1.82, 2.24) is 20.0 Å². The number of likely N-dealkylation sites (tertiary alicyclic amines) is 1. The molecule has 10 heteroatoms. The molecule has 1 fully saturated rings. The number of piperidine rings is 1. The highest BCUT2D eigenvalue weighted by molar-refractivity contribution is 7.20. The molecule has 0 bridgehead atoms. The van der Waals surface area contributed by atoms with Crippen LogP contribution in [0.3, 0.4) is 0 Å². The van der Waals surface area contributed by atoms with Crippen LogP contribution in [-0.2, 0) is 16.8 Å². The van der Waals surface area contributed by atoms with Gasteiger partial charge in [0.1, 0.15) is 4.83 Å². The van der Waals surface area contributed by atoms with Gasteiger partial charge in [-0.05, 0) is 75.5 Å². The maximum absolute atomic E-state index is 13.5. The van der Waals surface area contributed by atoms with Crippen molar-refractivity contribution in [3.8, 4) is 0 Å². The molecule has 5 rings (SSSR count). The summed E-state index contributed by atoms with van der Waals surface area (Å²) in [6.07, 6.45) is 8.24. The van der Waals surface area contributed by atoms with Crippen molar-refractivity contribution in [1.29, 1.82) is 0 Å². The van der Waals surface area contributed by atoms with E-state index in [2.05, 4.69) is 27.6 Å². The molecule has 0 spiro atoms. The van der Waals surface area contributed by atoms with E-state index < -0.39 is 11.6 Å². The minimum Gasteiger partial charge on any atom is -0.448 e. The fraction of sp³-hybridized carbons (Fsp3) is 0.444. The third-order valence-electron chi connectivity index (χ3n) is 8.45. The summed E-state index contributed by atoms with van der Waals surface area (Å²) in [6.45, 7) is 9.39. The molecule has 0 unspecified atom stereocenters. The zero-order valence-corrected chi connectivity index (χ0v) is 28.0. The standard InChI is InChI=1S/C36H45N5O4S/c1-4-5-6-7-14-23-45-35(44)41-34-29(24-30(46-34)33(43)38-36(2,3)28-15-10-8-11-16-28)31(39-41)37-32(42)27-19-17-26(18-20-27)25-40-21-12-9-13-22-40/h8,10-11,15-20,24H,4-7,9,12-14,21-23,25H2,1-3H3,(H,38,43)(H,37,39,42). The molecule has 3 heterocycles. The van der Waals surface area contributed by atoms with E-state index in [1.807, 2.05) is 68.4 Å². The monoisotopic (exact) mass is 643 g/mol. The summed E-state index contributed by atoms with van der Waals surface area (Å²) < 4.78 is 6.71. The molecule has 0 atom stereocenters. The number of ether oxygens (including phenoxy) is 1. The molecule has 0 radical (unpaired) electrons. The minimum atomic E-state index is -0.638. The molecule has 244 valence electrons. The highest BCUT2D eigenvalue weighted by Crippen LogP contribution is 2.33. The van der Waals surface area contributed by atoms with E-state index in [9.17, 15) is 14.4 Å². The average molecular weight is 644 g/mol. The van der Waals surface area contributed by atoms with Crippen LogP contribution in [0.2, 0.25) is 0 Å². The number of nitrogens with one attached hydrogen (secondary N) is 2. The first-order valence-electron chi connectivity index (χ1n) is 16.5. The molecule has 0 aliphatic carbocycles. The Morgan fingerprint density at radius 1 is 0.913 bits per heavy atom. The Labute approximate surface area is 275 Å². The van der Waals surface area contributed by atoms with E-state index in [0.29, 0.717) is 20.7 Å². The van der Waals surface area contributed by atoms with E-state index in [1.165, 1.54) is 19.3 Å². The number of carbonyl (C=O) groups excluding carboxylic acids is 3. The molecule has 0 saturated carbocycles. The average Bonchev–Trinajstić information content (AvgIpc) is 3.64. The number of benzene rings is 2. The molecule has 2 aromatic heterocycles. The second-order valence-corrected chi connectivity index (χ2v) is 13.6. The van der Waals surface area contributed by atoms with Gasteiger partial charge in [-0.1, -0.05) is 81.5 Å². The van der Waals surface area contributed by atoms with Crippen LogP contribution in [0.5, 0.6) is 0 Å². The van der Waals surface area contributed by atoms with Crippen molar-refractivity contribution in [2.45, 2.75) is 84.2 Å². The van der Waals surface area contributed by atoms with Gasteiger partial charge in [-0.3, -0.25) is 14.5 Å². The van der Waals surface area contributed by atoms with Crippen LogP contribution in [0.4, 0.5) is 10.6 Å². The predicted octanol–water partition coefficient (Wildman–Crippen LogP) is 7.96. The van der Waals surface area contributed by atoms with Crippen LogP contribution in [0.15, 0.2) is 60.7 Å². The number of unbranched alkanes of at least 4 members (excludes halogenated alkanes) is 4. The van der Waals surface area contributed by atoms with E-state index in [4.69, 9.17) is 4.74 Å². The Morgan fingerprint density at radius 2 is 1.63 bits per heavy atom. The first-order chi connectivity index (χ1) is 22.2. The number of aromatic nitrogens is 2. The number of fused-ring (bicyclic) bond motifs is 1. The number of rotatable bonds is 13. The van der Waals surface area contributed by atoms with Crippen molar-refractivity contribution >= 4 is 45.3 Å². The summed E-state index contributed by atoms with van der Waals surface area (Å²) in [7, 11) is 0. The molecule has 4 aromatic rings. The highest BCUT2D eigenvalue weighted by atomic mass is 32.1. The van der Waals surface area contributed by atoms with Gasteiger partial charge in [-0.2, -0.15) is 4.68 Å². The summed E-state index contributed by atoms with van der Waals surface area (Å²) in [5.41, 5.74) is 1.98. The molecular formula is C36H45N5O4S. The summed E-state index contributed by atoms with van der Waals surface area (Å²) in [6, 6.07) is 19.0. The van der Waals surface area contributed by atoms with E-state index in [1.54, 1.807) is 6.07 Å². The molecule has 2 aromatic carbocycles. The van der Waals surface area contributed by atoms with Crippen LogP contribution in [0.25, 0.3) is 10.2 Å². The largest absolute Gasteiger partial charge is 0.448 e. The number of nitrogens with zero attached hydrogens (tertiary/aromatic N) is 3. The van der Waals surface area contributed by atoms with Crippen LogP contribution >= 0.6 is 11.3 Å². The number of hydrogen-bond acceptors (Lipinski definition) is 7. The van der Waals surface area contributed by atoms with E-state index in [0.717, 1.165) is 78.9 Å². The van der Waals surface area contributed by atoms with Gasteiger partial charge in [0.05, 0.1) is 22.4 Å². The van der Waals surface area contributed by atoms with Crippen molar-refractivity contribution in [2.24, 2.45) is 0 Å². The Balaban J connectivity index is 1.34. The maximum atomic E-state index is 13.5.